The molecule has 3 heteroatoms. The molecule has 0 aromatic heterocycles. The van der Waals surface area contributed by atoms with E-state index < -0.39 is 0 Å². The summed E-state index contributed by atoms with van der Waals surface area (Å²) < 4.78 is 14.1. The standard InChI is InChI=1S/C21H35FN2/c1-5-12-24(19(6-2)7-3)20-10-13-23(14-11-20)16-18-9-8-17(4)15-21(18)22/h8-9,15,19-20H,5-7,10-14,16H2,1-4H3. The molecule has 0 unspecified atom stereocenters. The second-order valence-electron chi connectivity index (χ2n) is 7.31. The number of halogens is 1. The van der Waals surface area contributed by atoms with Crippen molar-refractivity contribution < 1.29 is 4.39 Å². The largest absolute Gasteiger partial charge is 0.299 e. The highest BCUT2D eigenvalue weighted by molar-refractivity contribution is 5.23. The first-order valence-electron chi connectivity index (χ1n) is 9.82. The van der Waals surface area contributed by atoms with Gasteiger partial charge in [-0.15, -0.1) is 0 Å². The molecule has 24 heavy (non-hydrogen) atoms. The lowest BCUT2D eigenvalue weighted by molar-refractivity contribution is 0.0666. The second kappa shape index (κ2) is 9.53. The average molecular weight is 335 g/mol. The Kier molecular flexibility index (Phi) is 7.70. The molecule has 1 aliphatic rings. The summed E-state index contributed by atoms with van der Waals surface area (Å²) in [7, 11) is 0. The molecule has 0 atom stereocenters. The fourth-order valence-corrected chi connectivity index (χ4v) is 4.11. The third-order valence-corrected chi connectivity index (χ3v) is 5.52. The number of piperidine rings is 1. The summed E-state index contributed by atoms with van der Waals surface area (Å²) in [6.45, 7) is 13.0. The van der Waals surface area contributed by atoms with Gasteiger partial charge >= 0.3 is 0 Å². The predicted octanol–water partition coefficient (Wildman–Crippen LogP) is 5.00. The Labute approximate surface area is 148 Å². The Bertz CT molecular complexity index is 491. The Hall–Kier alpha value is -0.930. The Morgan fingerprint density at radius 1 is 1.17 bits per heavy atom. The molecule has 0 bridgehead atoms. The van der Waals surface area contributed by atoms with Crippen molar-refractivity contribution in [1.29, 1.82) is 0 Å². The highest BCUT2D eigenvalue weighted by Crippen LogP contribution is 2.23. The molecular weight excluding hydrogens is 299 g/mol. The van der Waals surface area contributed by atoms with Crippen molar-refractivity contribution >= 4 is 0 Å². The Morgan fingerprint density at radius 2 is 1.83 bits per heavy atom. The van der Waals surface area contributed by atoms with Crippen LogP contribution in [0.25, 0.3) is 0 Å². The maximum atomic E-state index is 14.1. The van der Waals surface area contributed by atoms with Gasteiger partial charge in [-0.2, -0.15) is 0 Å². The van der Waals surface area contributed by atoms with E-state index in [0.29, 0.717) is 6.04 Å². The topological polar surface area (TPSA) is 6.48 Å². The maximum absolute atomic E-state index is 14.1. The summed E-state index contributed by atoms with van der Waals surface area (Å²) in [5.41, 5.74) is 1.83. The number of benzene rings is 1. The van der Waals surface area contributed by atoms with Crippen LogP contribution in [0.4, 0.5) is 4.39 Å². The predicted molar refractivity (Wildman–Crippen MR) is 101 cm³/mol. The Morgan fingerprint density at radius 3 is 2.38 bits per heavy atom. The van der Waals surface area contributed by atoms with Gasteiger partial charge in [0.25, 0.3) is 0 Å². The summed E-state index contributed by atoms with van der Waals surface area (Å²) in [4.78, 5) is 5.17. The quantitative estimate of drug-likeness (QED) is 0.660. The van der Waals surface area contributed by atoms with Crippen LogP contribution in [-0.4, -0.2) is 41.5 Å². The Balaban J connectivity index is 1.91. The summed E-state index contributed by atoms with van der Waals surface area (Å²) in [6, 6.07) is 7.04. The fourth-order valence-electron chi connectivity index (χ4n) is 4.11. The van der Waals surface area contributed by atoms with Gasteiger partial charge in [-0.05, 0) is 70.3 Å². The van der Waals surface area contributed by atoms with E-state index >= 15 is 0 Å². The molecule has 0 amide bonds. The summed E-state index contributed by atoms with van der Waals surface area (Å²) in [6.07, 6.45) is 6.13. The van der Waals surface area contributed by atoms with Gasteiger partial charge in [-0.25, -0.2) is 4.39 Å². The van der Waals surface area contributed by atoms with Crippen molar-refractivity contribution in [3.8, 4) is 0 Å². The van der Waals surface area contributed by atoms with Crippen LogP contribution in [0, 0.1) is 12.7 Å². The lowest BCUT2D eigenvalue weighted by Crippen LogP contribution is -2.49. The molecule has 2 nitrogen and oxygen atoms in total. The lowest BCUT2D eigenvalue weighted by Gasteiger charge is -2.42. The van der Waals surface area contributed by atoms with Crippen LogP contribution in [0.5, 0.6) is 0 Å². The minimum atomic E-state index is -0.0539. The molecule has 1 aromatic rings. The minimum Gasteiger partial charge on any atom is -0.299 e. The third kappa shape index (κ3) is 5.03. The average Bonchev–Trinajstić information content (AvgIpc) is 2.58. The van der Waals surface area contributed by atoms with E-state index in [9.17, 15) is 4.39 Å². The van der Waals surface area contributed by atoms with E-state index in [1.54, 1.807) is 6.07 Å². The van der Waals surface area contributed by atoms with Crippen molar-refractivity contribution in [3.05, 3.63) is 35.1 Å². The summed E-state index contributed by atoms with van der Waals surface area (Å²) in [5.74, 6) is -0.0539. The zero-order chi connectivity index (χ0) is 17.5. The van der Waals surface area contributed by atoms with Crippen LogP contribution in [0.1, 0.15) is 64.0 Å². The first kappa shape index (κ1) is 19.4. The van der Waals surface area contributed by atoms with Gasteiger partial charge in [0.2, 0.25) is 0 Å². The SMILES string of the molecule is CCCN(C(CC)CC)C1CCN(Cc2ccc(C)cc2F)CC1. The maximum Gasteiger partial charge on any atom is 0.127 e. The molecule has 1 heterocycles. The molecule has 2 rings (SSSR count). The van der Waals surface area contributed by atoms with Crippen molar-refractivity contribution in [2.24, 2.45) is 0 Å². The molecule has 0 radical (unpaired) electrons. The second-order valence-corrected chi connectivity index (χ2v) is 7.31. The van der Waals surface area contributed by atoms with E-state index in [0.717, 1.165) is 36.8 Å². The van der Waals surface area contributed by atoms with Crippen LogP contribution in [0.2, 0.25) is 0 Å². The first-order valence-corrected chi connectivity index (χ1v) is 9.82. The van der Waals surface area contributed by atoms with Crippen molar-refractivity contribution in [2.75, 3.05) is 19.6 Å². The van der Waals surface area contributed by atoms with E-state index in [-0.39, 0.29) is 5.82 Å². The zero-order valence-electron chi connectivity index (χ0n) is 16.0. The van der Waals surface area contributed by atoms with Crippen LogP contribution in [0.15, 0.2) is 18.2 Å². The fraction of sp³-hybridized carbons (Fsp3) is 0.714. The normalized spacial score (nSPS) is 17.1. The number of nitrogens with zero attached hydrogens (tertiary/aromatic N) is 2. The van der Waals surface area contributed by atoms with Gasteiger partial charge in [0.1, 0.15) is 5.82 Å². The number of likely N-dealkylation sites (tertiary alicyclic amines) is 1. The smallest absolute Gasteiger partial charge is 0.127 e. The van der Waals surface area contributed by atoms with Crippen molar-refractivity contribution in [2.45, 2.75) is 78.4 Å². The van der Waals surface area contributed by atoms with Gasteiger partial charge in [0.15, 0.2) is 0 Å². The molecule has 1 aromatic carbocycles. The van der Waals surface area contributed by atoms with Gasteiger partial charge < -0.3 is 0 Å². The molecule has 0 saturated carbocycles. The lowest BCUT2D eigenvalue weighted by atomic mass is 9.98. The van der Waals surface area contributed by atoms with E-state index in [1.165, 1.54) is 38.6 Å². The monoisotopic (exact) mass is 334 g/mol. The molecule has 1 saturated heterocycles. The van der Waals surface area contributed by atoms with E-state index in [1.807, 2.05) is 19.1 Å². The van der Waals surface area contributed by atoms with Gasteiger partial charge in [0.05, 0.1) is 0 Å². The summed E-state index contributed by atoms with van der Waals surface area (Å²) in [5, 5.41) is 0. The van der Waals surface area contributed by atoms with Crippen molar-refractivity contribution in [3.63, 3.8) is 0 Å². The molecule has 0 N–H and O–H groups in total. The highest BCUT2D eigenvalue weighted by Gasteiger charge is 2.27. The van der Waals surface area contributed by atoms with Gasteiger partial charge in [-0.1, -0.05) is 32.9 Å². The van der Waals surface area contributed by atoms with Crippen LogP contribution in [-0.2, 0) is 6.54 Å². The van der Waals surface area contributed by atoms with Gasteiger partial charge in [-0.3, -0.25) is 9.80 Å². The molecule has 1 aliphatic heterocycles. The highest BCUT2D eigenvalue weighted by atomic mass is 19.1. The van der Waals surface area contributed by atoms with Crippen molar-refractivity contribution in [1.82, 2.24) is 9.80 Å². The zero-order valence-corrected chi connectivity index (χ0v) is 16.0. The molecule has 1 fully saturated rings. The number of aryl methyl sites for hydroxylation is 1. The summed E-state index contributed by atoms with van der Waals surface area (Å²) >= 11 is 0. The third-order valence-electron chi connectivity index (χ3n) is 5.52. The van der Waals surface area contributed by atoms with E-state index in [4.69, 9.17) is 0 Å². The van der Waals surface area contributed by atoms with Crippen LogP contribution >= 0.6 is 0 Å². The number of rotatable bonds is 8. The van der Waals surface area contributed by atoms with E-state index in [2.05, 4.69) is 30.6 Å². The number of hydrogen-bond donors (Lipinski definition) is 0. The molecule has 0 spiro atoms. The minimum absolute atomic E-state index is 0.0539. The van der Waals surface area contributed by atoms with Crippen LogP contribution in [0.3, 0.4) is 0 Å². The molecular formula is C21H35FN2. The first-order chi connectivity index (χ1) is 11.6. The van der Waals surface area contributed by atoms with Gasteiger partial charge in [0, 0.05) is 24.2 Å². The number of hydrogen-bond acceptors (Lipinski definition) is 2. The van der Waals surface area contributed by atoms with Crippen LogP contribution < -0.4 is 0 Å². The molecule has 136 valence electrons. The molecule has 0 aliphatic carbocycles.